The highest BCUT2D eigenvalue weighted by molar-refractivity contribution is 6.31. The van der Waals surface area contributed by atoms with Gasteiger partial charge in [-0.25, -0.2) is 0 Å². The molecule has 2 heteroatoms. The van der Waals surface area contributed by atoms with Crippen molar-refractivity contribution < 1.29 is 0 Å². The van der Waals surface area contributed by atoms with E-state index in [1.807, 2.05) is 18.2 Å². The lowest BCUT2D eigenvalue weighted by Crippen LogP contribution is -2.27. The third kappa shape index (κ3) is 2.49. The van der Waals surface area contributed by atoms with Crippen LogP contribution in [-0.2, 0) is 12.8 Å². The minimum absolute atomic E-state index is 0.376. The fourth-order valence-corrected chi connectivity index (χ4v) is 3.22. The number of fused-ring (bicyclic) bond motifs is 2. The fraction of sp³-hybridized carbons (Fsp3) is 0.471. The summed E-state index contributed by atoms with van der Waals surface area (Å²) in [7, 11) is 0. The Morgan fingerprint density at radius 2 is 2.00 bits per heavy atom. The summed E-state index contributed by atoms with van der Waals surface area (Å²) >= 11 is 6.08. The van der Waals surface area contributed by atoms with Crippen molar-refractivity contribution >= 4 is 22.5 Å². The van der Waals surface area contributed by atoms with Gasteiger partial charge in [-0.1, -0.05) is 32.4 Å². The van der Waals surface area contributed by atoms with Gasteiger partial charge >= 0.3 is 0 Å². The van der Waals surface area contributed by atoms with Gasteiger partial charge in [-0.15, -0.1) is 0 Å². The summed E-state index contributed by atoms with van der Waals surface area (Å²) in [5, 5.41) is 1.96. The van der Waals surface area contributed by atoms with E-state index in [-0.39, 0.29) is 0 Å². The minimum atomic E-state index is 0.376. The third-order valence-corrected chi connectivity index (χ3v) is 4.60. The van der Waals surface area contributed by atoms with Crippen LogP contribution in [0.1, 0.15) is 38.4 Å². The SMILES string of the molecule is CC(C)(C)C1CCc2nc3ccc(Cl)cc3cc2C1. The van der Waals surface area contributed by atoms with E-state index in [9.17, 15) is 0 Å². The Morgan fingerprint density at radius 3 is 2.74 bits per heavy atom. The van der Waals surface area contributed by atoms with Crippen molar-refractivity contribution in [2.75, 3.05) is 0 Å². The smallest absolute Gasteiger partial charge is 0.0706 e. The van der Waals surface area contributed by atoms with Crippen LogP contribution in [0.4, 0.5) is 0 Å². The van der Waals surface area contributed by atoms with Crippen molar-refractivity contribution in [3.63, 3.8) is 0 Å². The van der Waals surface area contributed by atoms with Crippen LogP contribution in [0.2, 0.25) is 5.02 Å². The van der Waals surface area contributed by atoms with Gasteiger partial charge in [0.1, 0.15) is 0 Å². The first-order chi connectivity index (χ1) is 8.93. The van der Waals surface area contributed by atoms with E-state index in [0.717, 1.165) is 29.3 Å². The molecule has 1 atom stereocenters. The van der Waals surface area contributed by atoms with Crippen molar-refractivity contribution in [2.24, 2.45) is 11.3 Å². The van der Waals surface area contributed by atoms with Gasteiger partial charge in [0.15, 0.2) is 0 Å². The molecule has 0 fully saturated rings. The molecule has 0 spiro atoms. The number of hydrogen-bond acceptors (Lipinski definition) is 1. The first-order valence-electron chi connectivity index (χ1n) is 7.01. The summed E-state index contributed by atoms with van der Waals surface area (Å²) in [4.78, 5) is 4.81. The fourth-order valence-electron chi connectivity index (χ4n) is 3.04. The van der Waals surface area contributed by atoms with Gasteiger partial charge in [-0.3, -0.25) is 4.98 Å². The van der Waals surface area contributed by atoms with E-state index in [4.69, 9.17) is 16.6 Å². The van der Waals surface area contributed by atoms with Crippen molar-refractivity contribution in [3.8, 4) is 0 Å². The van der Waals surface area contributed by atoms with Crippen LogP contribution in [0.15, 0.2) is 24.3 Å². The molecule has 0 bridgehead atoms. The topological polar surface area (TPSA) is 12.9 Å². The molecule has 1 aromatic heterocycles. The number of nitrogens with zero attached hydrogens (tertiary/aromatic N) is 1. The van der Waals surface area contributed by atoms with Crippen LogP contribution in [0.25, 0.3) is 10.9 Å². The highest BCUT2D eigenvalue weighted by Crippen LogP contribution is 2.37. The molecule has 0 saturated heterocycles. The molecular formula is C17H20ClN. The van der Waals surface area contributed by atoms with E-state index in [1.165, 1.54) is 23.1 Å². The van der Waals surface area contributed by atoms with Gasteiger partial charge in [0.2, 0.25) is 0 Å². The molecule has 1 aliphatic rings. The molecule has 1 nitrogen and oxygen atoms in total. The molecule has 0 amide bonds. The molecule has 1 aromatic carbocycles. The second-order valence-corrected chi connectivity index (χ2v) is 7.17. The first-order valence-corrected chi connectivity index (χ1v) is 7.39. The van der Waals surface area contributed by atoms with Crippen LogP contribution in [0.5, 0.6) is 0 Å². The third-order valence-electron chi connectivity index (χ3n) is 4.37. The first kappa shape index (κ1) is 12.9. The summed E-state index contributed by atoms with van der Waals surface area (Å²) in [6.45, 7) is 7.02. The van der Waals surface area contributed by atoms with Gasteiger partial charge in [0.25, 0.3) is 0 Å². The van der Waals surface area contributed by atoms with Gasteiger partial charge in [0, 0.05) is 16.1 Å². The van der Waals surface area contributed by atoms with Crippen molar-refractivity contribution in [1.82, 2.24) is 4.98 Å². The summed E-state index contributed by atoms with van der Waals surface area (Å²) in [6.07, 6.45) is 3.51. The maximum atomic E-state index is 6.08. The molecule has 0 N–H and O–H groups in total. The molecule has 0 aliphatic heterocycles. The second-order valence-electron chi connectivity index (χ2n) is 6.74. The van der Waals surface area contributed by atoms with E-state index in [0.29, 0.717) is 5.41 Å². The molecule has 3 rings (SSSR count). The Bertz CT molecular complexity index is 625. The summed E-state index contributed by atoms with van der Waals surface area (Å²) < 4.78 is 0. The Kier molecular flexibility index (Phi) is 3.05. The van der Waals surface area contributed by atoms with E-state index in [1.54, 1.807) is 0 Å². The lowest BCUT2D eigenvalue weighted by Gasteiger charge is -2.34. The van der Waals surface area contributed by atoms with Crippen LogP contribution >= 0.6 is 11.6 Å². The minimum Gasteiger partial charge on any atom is -0.253 e. The highest BCUT2D eigenvalue weighted by Gasteiger charge is 2.29. The molecule has 1 heterocycles. The van der Waals surface area contributed by atoms with Crippen LogP contribution in [0.3, 0.4) is 0 Å². The Labute approximate surface area is 120 Å². The molecule has 100 valence electrons. The zero-order valence-electron chi connectivity index (χ0n) is 11.8. The lowest BCUT2D eigenvalue weighted by atomic mass is 9.71. The molecule has 2 aromatic rings. The quantitative estimate of drug-likeness (QED) is 0.655. The van der Waals surface area contributed by atoms with Crippen LogP contribution < -0.4 is 0 Å². The van der Waals surface area contributed by atoms with E-state index >= 15 is 0 Å². The molecule has 0 saturated carbocycles. The molecular weight excluding hydrogens is 254 g/mol. The number of aromatic nitrogens is 1. The monoisotopic (exact) mass is 273 g/mol. The number of halogens is 1. The predicted molar refractivity (Wildman–Crippen MR) is 81.7 cm³/mol. The largest absolute Gasteiger partial charge is 0.253 e. The van der Waals surface area contributed by atoms with Crippen LogP contribution in [0, 0.1) is 11.3 Å². The van der Waals surface area contributed by atoms with E-state index < -0.39 is 0 Å². The summed E-state index contributed by atoms with van der Waals surface area (Å²) in [5.41, 5.74) is 4.15. The average molecular weight is 274 g/mol. The predicted octanol–water partition coefficient (Wildman–Crippen LogP) is 5.04. The number of aryl methyl sites for hydroxylation is 1. The van der Waals surface area contributed by atoms with Gasteiger partial charge < -0.3 is 0 Å². The molecule has 1 unspecified atom stereocenters. The van der Waals surface area contributed by atoms with Crippen molar-refractivity contribution in [3.05, 3.63) is 40.5 Å². The zero-order chi connectivity index (χ0) is 13.6. The lowest BCUT2D eigenvalue weighted by molar-refractivity contribution is 0.215. The van der Waals surface area contributed by atoms with Gasteiger partial charge in [-0.05, 0) is 60.4 Å². The maximum absolute atomic E-state index is 6.08. The highest BCUT2D eigenvalue weighted by atomic mass is 35.5. The maximum Gasteiger partial charge on any atom is 0.0706 e. The summed E-state index contributed by atoms with van der Waals surface area (Å²) in [5.74, 6) is 0.749. The number of rotatable bonds is 0. The Hall–Kier alpha value is -1.08. The van der Waals surface area contributed by atoms with Crippen molar-refractivity contribution in [2.45, 2.75) is 40.0 Å². The number of pyridine rings is 1. The Morgan fingerprint density at radius 1 is 1.21 bits per heavy atom. The summed E-state index contributed by atoms with van der Waals surface area (Å²) in [6, 6.07) is 8.25. The van der Waals surface area contributed by atoms with E-state index in [2.05, 4.69) is 26.8 Å². The molecule has 19 heavy (non-hydrogen) atoms. The average Bonchev–Trinajstić information content (AvgIpc) is 2.34. The van der Waals surface area contributed by atoms with Gasteiger partial charge in [-0.2, -0.15) is 0 Å². The standard InChI is InChI=1S/C17H20ClN/c1-17(2,3)13-4-6-15-11(9-13)8-12-10-14(18)5-7-16(12)19-15/h5,7-8,10,13H,4,6,9H2,1-3H3. The number of benzene rings is 1. The Balaban J connectivity index is 2.04. The zero-order valence-corrected chi connectivity index (χ0v) is 12.6. The molecule has 0 radical (unpaired) electrons. The number of hydrogen-bond donors (Lipinski definition) is 0. The molecule has 1 aliphatic carbocycles. The normalized spacial score (nSPS) is 19.5. The van der Waals surface area contributed by atoms with Crippen LogP contribution in [-0.4, -0.2) is 4.98 Å². The van der Waals surface area contributed by atoms with Gasteiger partial charge in [0.05, 0.1) is 5.52 Å². The van der Waals surface area contributed by atoms with Crippen molar-refractivity contribution in [1.29, 1.82) is 0 Å². The second kappa shape index (κ2) is 4.49.